The van der Waals surface area contributed by atoms with E-state index in [0.29, 0.717) is 12.2 Å². The standard InChI is InChI=1S/C15H18N2O2/c1-15(2,12-3-5-13(16)6-4-12)14(18)17-9-11-7-8-19-10-11/h3-8,10H,9,16H2,1-2H3,(H,17,18). The van der Waals surface area contributed by atoms with Gasteiger partial charge in [0.15, 0.2) is 0 Å². The molecule has 0 aliphatic rings. The van der Waals surface area contributed by atoms with Gasteiger partial charge in [0, 0.05) is 17.8 Å². The van der Waals surface area contributed by atoms with Crippen LogP contribution in [0.2, 0.25) is 0 Å². The molecule has 0 aliphatic heterocycles. The molecule has 1 heterocycles. The van der Waals surface area contributed by atoms with E-state index in [4.69, 9.17) is 10.2 Å². The predicted molar refractivity (Wildman–Crippen MR) is 74.4 cm³/mol. The number of amides is 1. The van der Waals surface area contributed by atoms with Crippen molar-refractivity contribution in [2.24, 2.45) is 0 Å². The Morgan fingerprint density at radius 3 is 2.53 bits per heavy atom. The van der Waals surface area contributed by atoms with Crippen molar-refractivity contribution in [3.8, 4) is 0 Å². The van der Waals surface area contributed by atoms with Gasteiger partial charge in [-0.2, -0.15) is 0 Å². The molecular formula is C15H18N2O2. The number of carbonyl (C=O) groups is 1. The maximum absolute atomic E-state index is 12.3. The van der Waals surface area contributed by atoms with Gasteiger partial charge in [-0.25, -0.2) is 0 Å². The summed E-state index contributed by atoms with van der Waals surface area (Å²) in [5.74, 6) is -0.0292. The molecule has 0 spiro atoms. The zero-order valence-electron chi connectivity index (χ0n) is 11.1. The number of carbonyl (C=O) groups excluding carboxylic acids is 1. The number of nitrogen functional groups attached to an aromatic ring is 1. The fourth-order valence-corrected chi connectivity index (χ4v) is 1.83. The van der Waals surface area contributed by atoms with Gasteiger partial charge in [-0.05, 0) is 37.6 Å². The number of furan rings is 1. The second-order valence-corrected chi connectivity index (χ2v) is 5.06. The monoisotopic (exact) mass is 258 g/mol. The zero-order chi connectivity index (χ0) is 13.9. The van der Waals surface area contributed by atoms with Crippen LogP contribution in [-0.2, 0) is 16.8 Å². The zero-order valence-corrected chi connectivity index (χ0v) is 11.1. The van der Waals surface area contributed by atoms with Crippen molar-refractivity contribution >= 4 is 11.6 Å². The number of anilines is 1. The summed E-state index contributed by atoms with van der Waals surface area (Å²) >= 11 is 0. The van der Waals surface area contributed by atoms with E-state index >= 15 is 0 Å². The van der Waals surface area contributed by atoms with Gasteiger partial charge in [0.05, 0.1) is 17.9 Å². The molecule has 2 rings (SSSR count). The highest BCUT2D eigenvalue weighted by molar-refractivity contribution is 5.87. The van der Waals surface area contributed by atoms with E-state index in [1.165, 1.54) is 0 Å². The van der Waals surface area contributed by atoms with Crippen LogP contribution < -0.4 is 11.1 Å². The topological polar surface area (TPSA) is 68.3 Å². The summed E-state index contributed by atoms with van der Waals surface area (Å²) in [5.41, 5.74) is 7.63. The maximum Gasteiger partial charge on any atom is 0.230 e. The highest BCUT2D eigenvalue weighted by Crippen LogP contribution is 2.24. The Morgan fingerprint density at radius 1 is 1.26 bits per heavy atom. The van der Waals surface area contributed by atoms with Crippen LogP contribution in [0.4, 0.5) is 5.69 Å². The molecule has 0 bridgehead atoms. The molecule has 19 heavy (non-hydrogen) atoms. The van der Waals surface area contributed by atoms with Gasteiger partial charge in [0.25, 0.3) is 0 Å². The van der Waals surface area contributed by atoms with Gasteiger partial charge in [0.1, 0.15) is 0 Å². The smallest absolute Gasteiger partial charge is 0.230 e. The largest absolute Gasteiger partial charge is 0.472 e. The van der Waals surface area contributed by atoms with Gasteiger partial charge >= 0.3 is 0 Å². The lowest BCUT2D eigenvalue weighted by molar-refractivity contribution is -0.125. The number of hydrogen-bond donors (Lipinski definition) is 2. The Bertz CT molecular complexity index is 542. The Balaban J connectivity index is 2.06. The molecule has 0 unspecified atom stereocenters. The van der Waals surface area contributed by atoms with Crippen molar-refractivity contribution < 1.29 is 9.21 Å². The quantitative estimate of drug-likeness (QED) is 0.828. The minimum absolute atomic E-state index is 0.0292. The van der Waals surface area contributed by atoms with Gasteiger partial charge in [0.2, 0.25) is 5.91 Å². The van der Waals surface area contributed by atoms with E-state index in [1.807, 2.05) is 32.0 Å². The molecule has 3 N–H and O–H groups in total. The highest BCUT2D eigenvalue weighted by atomic mass is 16.3. The van der Waals surface area contributed by atoms with Crippen LogP contribution >= 0.6 is 0 Å². The van der Waals surface area contributed by atoms with E-state index in [9.17, 15) is 4.79 Å². The fraction of sp³-hybridized carbons (Fsp3) is 0.267. The van der Waals surface area contributed by atoms with Crippen LogP contribution in [0.1, 0.15) is 25.0 Å². The molecule has 0 saturated carbocycles. The first-order valence-corrected chi connectivity index (χ1v) is 6.15. The van der Waals surface area contributed by atoms with E-state index < -0.39 is 5.41 Å². The van der Waals surface area contributed by atoms with E-state index in [0.717, 1.165) is 11.1 Å². The van der Waals surface area contributed by atoms with E-state index in [1.54, 1.807) is 24.7 Å². The van der Waals surface area contributed by atoms with Gasteiger partial charge in [-0.3, -0.25) is 4.79 Å². The Kier molecular flexibility index (Phi) is 3.60. The van der Waals surface area contributed by atoms with Crippen LogP contribution in [0.5, 0.6) is 0 Å². The number of nitrogens with two attached hydrogens (primary N) is 1. The van der Waals surface area contributed by atoms with Gasteiger partial charge in [-0.15, -0.1) is 0 Å². The lowest BCUT2D eigenvalue weighted by atomic mass is 9.83. The van der Waals surface area contributed by atoms with Crippen molar-refractivity contribution in [3.05, 3.63) is 54.0 Å². The first kappa shape index (κ1) is 13.2. The van der Waals surface area contributed by atoms with Crippen molar-refractivity contribution in [2.45, 2.75) is 25.8 Å². The summed E-state index contributed by atoms with van der Waals surface area (Å²) in [5, 5.41) is 2.91. The average molecular weight is 258 g/mol. The first-order valence-electron chi connectivity index (χ1n) is 6.15. The summed E-state index contributed by atoms with van der Waals surface area (Å²) in [7, 11) is 0. The summed E-state index contributed by atoms with van der Waals surface area (Å²) in [6, 6.07) is 9.21. The summed E-state index contributed by atoms with van der Waals surface area (Å²) in [6.45, 7) is 4.25. The molecule has 0 atom stereocenters. The SMILES string of the molecule is CC(C)(C(=O)NCc1ccoc1)c1ccc(N)cc1. The Hall–Kier alpha value is -2.23. The lowest BCUT2D eigenvalue weighted by Gasteiger charge is -2.24. The van der Waals surface area contributed by atoms with Crippen LogP contribution in [-0.4, -0.2) is 5.91 Å². The molecule has 4 nitrogen and oxygen atoms in total. The van der Waals surface area contributed by atoms with Crippen LogP contribution in [0, 0.1) is 0 Å². The maximum atomic E-state index is 12.3. The Morgan fingerprint density at radius 2 is 1.95 bits per heavy atom. The minimum atomic E-state index is -0.600. The Labute approximate surface area is 112 Å². The lowest BCUT2D eigenvalue weighted by Crippen LogP contribution is -2.39. The van der Waals surface area contributed by atoms with Crippen molar-refractivity contribution in [1.82, 2.24) is 5.32 Å². The van der Waals surface area contributed by atoms with Gasteiger partial charge < -0.3 is 15.5 Å². The third-order valence-electron chi connectivity index (χ3n) is 3.23. The number of rotatable bonds is 4. The highest BCUT2D eigenvalue weighted by Gasteiger charge is 2.29. The average Bonchev–Trinajstić information content (AvgIpc) is 2.89. The molecule has 4 heteroatoms. The summed E-state index contributed by atoms with van der Waals surface area (Å²) in [4.78, 5) is 12.3. The molecular weight excluding hydrogens is 240 g/mol. The van der Waals surface area contributed by atoms with Crippen LogP contribution in [0.3, 0.4) is 0 Å². The van der Waals surface area contributed by atoms with E-state index in [2.05, 4.69) is 5.32 Å². The first-order chi connectivity index (χ1) is 9.00. The number of hydrogen-bond acceptors (Lipinski definition) is 3. The molecule has 0 radical (unpaired) electrons. The van der Waals surface area contributed by atoms with Crippen molar-refractivity contribution in [3.63, 3.8) is 0 Å². The second-order valence-electron chi connectivity index (χ2n) is 5.06. The third-order valence-corrected chi connectivity index (χ3v) is 3.23. The summed E-state index contributed by atoms with van der Waals surface area (Å²) in [6.07, 6.45) is 3.21. The van der Waals surface area contributed by atoms with Crippen LogP contribution in [0.25, 0.3) is 0 Å². The van der Waals surface area contributed by atoms with Crippen LogP contribution in [0.15, 0.2) is 47.3 Å². The van der Waals surface area contributed by atoms with E-state index in [-0.39, 0.29) is 5.91 Å². The molecule has 100 valence electrons. The third kappa shape index (κ3) is 2.96. The molecule has 0 aliphatic carbocycles. The normalized spacial score (nSPS) is 11.3. The second kappa shape index (κ2) is 5.18. The number of nitrogens with one attached hydrogen (secondary N) is 1. The van der Waals surface area contributed by atoms with Crippen molar-refractivity contribution in [1.29, 1.82) is 0 Å². The summed E-state index contributed by atoms with van der Waals surface area (Å²) < 4.78 is 4.97. The predicted octanol–water partition coefficient (Wildman–Crippen LogP) is 2.46. The molecule has 1 amide bonds. The molecule has 0 saturated heterocycles. The van der Waals surface area contributed by atoms with Gasteiger partial charge in [-0.1, -0.05) is 12.1 Å². The minimum Gasteiger partial charge on any atom is -0.472 e. The molecule has 1 aromatic carbocycles. The van der Waals surface area contributed by atoms with Crippen molar-refractivity contribution in [2.75, 3.05) is 5.73 Å². The molecule has 0 fully saturated rings. The number of benzene rings is 1. The molecule has 1 aromatic heterocycles. The fourth-order valence-electron chi connectivity index (χ4n) is 1.83. The molecule has 2 aromatic rings.